The summed E-state index contributed by atoms with van der Waals surface area (Å²) in [7, 11) is 0. The minimum Gasteiger partial charge on any atom is -0.480 e. The Balaban J connectivity index is 2.30. The minimum absolute atomic E-state index is 0.0264. The van der Waals surface area contributed by atoms with Gasteiger partial charge in [-0.1, -0.05) is 25.5 Å². The van der Waals surface area contributed by atoms with Crippen molar-refractivity contribution in [3.05, 3.63) is 36.2 Å². The predicted octanol–water partition coefficient (Wildman–Crippen LogP) is 1.20. The van der Waals surface area contributed by atoms with E-state index in [2.05, 4.69) is 9.97 Å². The number of nitrogens with zero attached hydrogens (tertiary/aromatic N) is 3. The first-order chi connectivity index (χ1) is 10.0. The summed E-state index contributed by atoms with van der Waals surface area (Å²) in [5.41, 5.74) is 1.23. The van der Waals surface area contributed by atoms with Crippen molar-refractivity contribution in [2.75, 3.05) is 0 Å². The van der Waals surface area contributed by atoms with Gasteiger partial charge in [-0.2, -0.15) is 0 Å². The second-order valence-corrected chi connectivity index (χ2v) is 4.60. The van der Waals surface area contributed by atoms with Crippen LogP contribution in [-0.4, -0.2) is 38.0 Å². The van der Waals surface area contributed by atoms with Crippen LogP contribution in [0.25, 0.3) is 11.0 Å². The van der Waals surface area contributed by atoms with E-state index in [1.54, 1.807) is 18.2 Å². The van der Waals surface area contributed by atoms with Gasteiger partial charge >= 0.3 is 5.97 Å². The number of carbonyl (C=O) groups excluding carboxylic acids is 1. The number of para-hydroxylation sites is 2. The molecule has 1 unspecified atom stereocenters. The molecule has 1 heterocycles. The highest BCUT2D eigenvalue weighted by Crippen LogP contribution is 2.11. The van der Waals surface area contributed by atoms with E-state index in [-0.39, 0.29) is 12.1 Å². The zero-order valence-electron chi connectivity index (χ0n) is 11.6. The fourth-order valence-electron chi connectivity index (χ4n) is 1.99. The minimum atomic E-state index is -1.14. The number of hydrogen-bond donors (Lipinski definition) is 2. The number of hydrazine groups is 1. The third-order valence-corrected chi connectivity index (χ3v) is 3.09. The van der Waals surface area contributed by atoms with Crippen molar-refractivity contribution in [2.45, 2.75) is 25.8 Å². The van der Waals surface area contributed by atoms with Gasteiger partial charge in [-0.25, -0.2) is 15.6 Å². The van der Waals surface area contributed by atoms with Crippen LogP contribution in [0.15, 0.2) is 30.5 Å². The van der Waals surface area contributed by atoms with Gasteiger partial charge in [0.05, 0.1) is 17.2 Å². The average Bonchev–Trinajstić information content (AvgIpc) is 2.50. The number of aliphatic carboxylic acids is 1. The third-order valence-electron chi connectivity index (χ3n) is 3.09. The topological polar surface area (TPSA) is 109 Å². The molecule has 2 aromatic rings. The van der Waals surface area contributed by atoms with Gasteiger partial charge in [-0.15, -0.1) is 0 Å². The number of aromatic nitrogens is 2. The molecule has 110 valence electrons. The standard InChI is InChI=1S/C14H16N4O3/c1-2-5-12(14(20)21)18(15)13(19)11-8-16-9-6-3-4-7-10(9)17-11/h3-4,6-8,12H,2,5,15H2,1H3,(H,20,21). The molecule has 0 radical (unpaired) electrons. The molecule has 7 nitrogen and oxygen atoms in total. The summed E-state index contributed by atoms with van der Waals surface area (Å²) >= 11 is 0. The number of fused-ring (bicyclic) bond motifs is 1. The van der Waals surface area contributed by atoms with E-state index >= 15 is 0 Å². The molecule has 0 fully saturated rings. The molecule has 7 heteroatoms. The molecule has 0 spiro atoms. The van der Waals surface area contributed by atoms with Crippen LogP contribution in [0.5, 0.6) is 0 Å². The van der Waals surface area contributed by atoms with Gasteiger partial charge in [0.2, 0.25) is 0 Å². The molecule has 0 bridgehead atoms. The van der Waals surface area contributed by atoms with E-state index in [4.69, 9.17) is 10.9 Å². The number of carbonyl (C=O) groups is 2. The molecule has 0 saturated heterocycles. The summed E-state index contributed by atoms with van der Waals surface area (Å²) in [5, 5.41) is 9.85. The Morgan fingerprint density at radius 2 is 2.00 bits per heavy atom. The predicted molar refractivity (Wildman–Crippen MR) is 76.2 cm³/mol. The Labute approximate surface area is 121 Å². The smallest absolute Gasteiger partial charge is 0.328 e. The number of carboxylic acid groups (broad SMARTS) is 1. The van der Waals surface area contributed by atoms with Crippen LogP contribution in [0.4, 0.5) is 0 Å². The van der Waals surface area contributed by atoms with E-state index in [0.717, 1.165) is 0 Å². The summed E-state index contributed by atoms with van der Waals surface area (Å²) in [4.78, 5) is 31.7. The lowest BCUT2D eigenvalue weighted by Gasteiger charge is -2.23. The van der Waals surface area contributed by atoms with E-state index in [9.17, 15) is 9.59 Å². The summed E-state index contributed by atoms with van der Waals surface area (Å²) in [6.45, 7) is 1.82. The van der Waals surface area contributed by atoms with Crippen LogP contribution in [-0.2, 0) is 4.79 Å². The first-order valence-electron chi connectivity index (χ1n) is 6.57. The molecular formula is C14H16N4O3. The van der Waals surface area contributed by atoms with Gasteiger partial charge in [-0.05, 0) is 18.6 Å². The Kier molecular flexibility index (Phi) is 4.44. The molecule has 21 heavy (non-hydrogen) atoms. The second kappa shape index (κ2) is 6.27. The van der Waals surface area contributed by atoms with E-state index in [1.807, 2.05) is 13.0 Å². The fraction of sp³-hybridized carbons (Fsp3) is 0.286. The molecule has 0 aliphatic heterocycles. The number of rotatable bonds is 5. The van der Waals surface area contributed by atoms with Gasteiger partial charge in [0.25, 0.3) is 5.91 Å². The van der Waals surface area contributed by atoms with Crippen LogP contribution >= 0.6 is 0 Å². The maximum absolute atomic E-state index is 12.2. The van der Waals surface area contributed by atoms with Gasteiger partial charge in [0.15, 0.2) is 0 Å². The lowest BCUT2D eigenvalue weighted by molar-refractivity contribution is -0.142. The summed E-state index contributed by atoms with van der Waals surface area (Å²) < 4.78 is 0. The van der Waals surface area contributed by atoms with Crippen LogP contribution in [0.2, 0.25) is 0 Å². The molecule has 1 aromatic carbocycles. The van der Waals surface area contributed by atoms with Gasteiger partial charge < -0.3 is 5.11 Å². The van der Waals surface area contributed by atoms with Crippen molar-refractivity contribution in [3.8, 4) is 0 Å². The third kappa shape index (κ3) is 3.14. The number of nitrogens with two attached hydrogens (primary N) is 1. The molecule has 3 N–H and O–H groups in total. The largest absolute Gasteiger partial charge is 0.480 e. The number of carboxylic acids is 1. The first kappa shape index (κ1) is 14.9. The molecule has 0 saturated carbocycles. The van der Waals surface area contributed by atoms with Crippen molar-refractivity contribution in [1.82, 2.24) is 15.0 Å². The number of hydrogen-bond acceptors (Lipinski definition) is 5. The summed E-state index contributed by atoms with van der Waals surface area (Å²) in [6.07, 6.45) is 2.18. The Hall–Kier alpha value is -2.54. The first-order valence-corrected chi connectivity index (χ1v) is 6.57. The Bertz CT molecular complexity index is 674. The summed E-state index contributed by atoms with van der Waals surface area (Å²) in [6, 6.07) is 6.02. The zero-order chi connectivity index (χ0) is 15.4. The van der Waals surface area contributed by atoms with Crippen molar-refractivity contribution < 1.29 is 14.7 Å². The van der Waals surface area contributed by atoms with Crippen molar-refractivity contribution in [1.29, 1.82) is 0 Å². The summed E-state index contributed by atoms with van der Waals surface area (Å²) in [5.74, 6) is 3.86. The van der Waals surface area contributed by atoms with Crippen LogP contribution < -0.4 is 5.84 Å². The quantitative estimate of drug-likeness (QED) is 0.486. The highest BCUT2D eigenvalue weighted by Gasteiger charge is 2.28. The highest BCUT2D eigenvalue weighted by atomic mass is 16.4. The van der Waals surface area contributed by atoms with Gasteiger partial charge in [0, 0.05) is 0 Å². The average molecular weight is 288 g/mol. The van der Waals surface area contributed by atoms with E-state index < -0.39 is 17.9 Å². The van der Waals surface area contributed by atoms with Gasteiger partial charge in [-0.3, -0.25) is 14.8 Å². The fourth-order valence-corrected chi connectivity index (χ4v) is 1.99. The monoisotopic (exact) mass is 288 g/mol. The normalized spacial score (nSPS) is 12.1. The lowest BCUT2D eigenvalue weighted by atomic mass is 10.1. The van der Waals surface area contributed by atoms with E-state index in [1.165, 1.54) is 6.20 Å². The molecule has 1 amide bonds. The van der Waals surface area contributed by atoms with E-state index in [0.29, 0.717) is 22.5 Å². The number of benzene rings is 1. The molecular weight excluding hydrogens is 272 g/mol. The molecule has 2 rings (SSSR count). The maximum atomic E-state index is 12.2. The van der Waals surface area contributed by atoms with Crippen molar-refractivity contribution in [2.24, 2.45) is 5.84 Å². The molecule has 0 aliphatic carbocycles. The maximum Gasteiger partial charge on any atom is 0.328 e. The second-order valence-electron chi connectivity index (χ2n) is 4.60. The Morgan fingerprint density at radius 3 is 2.62 bits per heavy atom. The molecule has 0 aliphatic rings. The molecule has 1 atom stereocenters. The van der Waals surface area contributed by atoms with Crippen LogP contribution in [0, 0.1) is 0 Å². The van der Waals surface area contributed by atoms with Crippen LogP contribution in [0.3, 0.4) is 0 Å². The van der Waals surface area contributed by atoms with Crippen LogP contribution in [0.1, 0.15) is 30.3 Å². The highest BCUT2D eigenvalue weighted by molar-refractivity contribution is 5.95. The molecule has 1 aromatic heterocycles. The SMILES string of the molecule is CCCC(C(=O)O)N(N)C(=O)c1cnc2ccccc2n1. The Morgan fingerprint density at radius 1 is 1.33 bits per heavy atom. The van der Waals surface area contributed by atoms with Gasteiger partial charge in [0.1, 0.15) is 11.7 Å². The lowest BCUT2D eigenvalue weighted by Crippen LogP contribution is -2.49. The zero-order valence-corrected chi connectivity index (χ0v) is 11.6. The van der Waals surface area contributed by atoms with Crippen molar-refractivity contribution in [3.63, 3.8) is 0 Å². The number of amides is 1. The van der Waals surface area contributed by atoms with Crippen molar-refractivity contribution >= 4 is 22.9 Å².